The molecule has 8 heteroatoms. The van der Waals surface area contributed by atoms with E-state index in [1.807, 2.05) is 35.9 Å². The fourth-order valence-electron chi connectivity index (χ4n) is 5.08. The molecule has 1 fully saturated rings. The zero-order valence-corrected chi connectivity index (χ0v) is 19.2. The Hall–Kier alpha value is -3.26. The first-order valence-electron chi connectivity index (χ1n) is 11.8. The summed E-state index contributed by atoms with van der Waals surface area (Å²) in [6, 6.07) is 12.4. The lowest BCUT2D eigenvalue weighted by Gasteiger charge is -2.35. The Kier molecular flexibility index (Phi) is 6.09. The van der Waals surface area contributed by atoms with Gasteiger partial charge in [-0.25, -0.2) is 4.68 Å². The average Bonchev–Trinajstić information content (AvgIpc) is 3.58. The molecule has 1 unspecified atom stereocenters. The summed E-state index contributed by atoms with van der Waals surface area (Å²) in [4.78, 5) is 18.6. The fourth-order valence-corrected chi connectivity index (χ4v) is 5.08. The van der Waals surface area contributed by atoms with Crippen molar-refractivity contribution in [3.8, 4) is 0 Å². The number of furan rings is 1. The van der Waals surface area contributed by atoms with Crippen molar-refractivity contribution < 1.29 is 4.42 Å². The molecular formula is C25H30N6O2. The molecule has 1 saturated carbocycles. The number of aromatic nitrogens is 5. The zero-order chi connectivity index (χ0) is 22.8. The number of aromatic amines is 1. The van der Waals surface area contributed by atoms with Crippen LogP contribution in [0.1, 0.15) is 67.8 Å². The molecule has 0 amide bonds. The van der Waals surface area contributed by atoms with E-state index in [-0.39, 0.29) is 11.6 Å². The van der Waals surface area contributed by atoms with Crippen LogP contribution in [0.25, 0.3) is 10.9 Å². The molecule has 1 atom stereocenters. The predicted octanol–water partition coefficient (Wildman–Crippen LogP) is 4.36. The Morgan fingerprint density at radius 3 is 2.85 bits per heavy atom. The van der Waals surface area contributed by atoms with Crippen LogP contribution >= 0.6 is 0 Å². The van der Waals surface area contributed by atoms with Crippen LogP contribution in [-0.2, 0) is 13.1 Å². The van der Waals surface area contributed by atoms with Crippen LogP contribution in [0, 0.1) is 6.92 Å². The molecule has 5 rings (SSSR count). The minimum atomic E-state index is -0.0267. The molecular weight excluding hydrogens is 416 g/mol. The van der Waals surface area contributed by atoms with Crippen molar-refractivity contribution in [1.29, 1.82) is 0 Å². The van der Waals surface area contributed by atoms with Crippen molar-refractivity contribution in [2.24, 2.45) is 0 Å². The quantitative estimate of drug-likeness (QED) is 0.432. The number of benzene rings is 1. The Morgan fingerprint density at radius 1 is 1.24 bits per heavy atom. The highest BCUT2D eigenvalue weighted by Gasteiger charge is 2.32. The molecule has 0 radical (unpaired) electrons. The number of aryl methyl sites for hydroxylation is 1. The van der Waals surface area contributed by atoms with Gasteiger partial charge in [-0.2, -0.15) is 0 Å². The number of hydrogen-bond acceptors (Lipinski definition) is 6. The van der Waals surface area contributed by atoms with Gasteiger partial charge in [0.25, 0.3) is 5.56 Å². The molecule has 1 aromatic carbocycles. The normalized spacial score (nSPS) is 15.6. The van der Waals surface area contributed by atoms with E-state index in [9.17, 15) is 4.79 Å². The van der Waals surface area contributed by atoms with Gasteiger partial charge in [-0.15, -0.1) is 5.10 Å². The number of fused-ring (bicyclic) bond motifs is 1. The summed E-state index contributed by atoms with van der Waals surface area (Å²) >= 11 is 0. The SMILES string of the molecule is CCC(c1nnnn1Cc1ccco1)N(Cc1cc2ccc(C)cc2[nH]c1=O)C1CCCC1. The number of pyridine rings is 1. The lowest BCUT2D eigenvalue weighted by Crippen LogP contribution is -2.39. The van der Waals surface area contributed by atoms with Gasteiger partial charge in [0.2, 0.25) is 0 Å². The summed E-state index contributed by atoms with van der Waals surface area (Å²) in [6.07, 6.45) is 7.18. The van der Waals surface area contributed by atoms with Crippen molar-refractivity contribution >= 4 is 10.9 Å². The topological polar surface area (TPSA) is 92.8 Å². The van der Waals surface area contributed by atoms with E-state index in [4.69, 9.17) is 4.42 Å². The first-order chi connectivity index (χ1) is 16.1. The average molecular weight is 447 g/mol. The highest BCUT2D eigenvalue weighted by molar-refractivity contribution is 5.79. The monoisotopic (exact) mass is 446 g/mol. The molecule has 1 aliphatic rings. The minimum Gasteiger partial charge on any atom is -0.467 e. The summed E-state index contributed by atoms with van der Waals surface area (Å²) in [6.45, 7) is 5.24. The fraction of sp³-hybridized carbons (Fsp3) is 0.440. The Bertz CT molecular complexity index is 1270. The maximum Gasteiger partial charge on any atom is 0.252 e. The van der Waals surface area contributed by atoms with Gasteiger partial charge in [-0.05, 0) is 71.8 Å². The van der Waals surface area contributed by atoms with Crippen molar-refractivity contribution in [3.63, 3.8) is 0 Å². The van der Waals surface area contributed by atoms with Crippen LogP contribution in [0.5, 0.6) is 0 Å². The lowest BCUT2D eigenvalue weighted by molar-refractivity contribution is 0.112. The second-order valence-electron chi connectivity index (χ2n) is 9.02. The summed E-state index contributed by atoms with van der Waals surface area (Å²) in [5.41, 5.74) is 2.77. The Balaban J connectivity index is 1.50. The maximum atomic E-state index is 13.0. The number of nitrogens with one attached hydrogen (secondary N) is 1. The van der Waals surface area contributed by atoms with Crippen molar-refractivity contribution in [1.82, 2.24) is 30.1 Å². The molecule has 0 saturated heterocycles. The maximum absolute atomic E-state index is 13.0. The molecule has 33 heavy (non-hydrogen) atoms. The van der Waals surface area contributed by atoms with Gasteiger partial charge in [0.15, 0.2) is 5.82 Å². The summed E-state index contributed by atoms with van der Waals surface area (Å²) in [5.74, 6) is 1.63. The van der Waals surface area contributed by atoms with Crippen LogP contribution < -0.4 is 5.56 Å². The lowest BCUT2D eigenvalue weighted by atomic mass is 10.0. The van der Waals surface area contributed by atoms with Crippen LogP contribution in [0.2, 0.25) is 0 Å². The largest absolute Gasteiger partial charge is 0.467 e. The first kappa shape index (κ1) is 21.6. The summed E-state index contributed by atoms with van der Waals surface area (Å²) < 4.78 is 7.34. The van der Waals surface area contributed by atoms with Crippen LogP contribution in [0.4, 0.5) is 0 Å². The van der Waals surface area contributed by atoms with E-state index in [1.54, 1.807) is 6.26 Å². The molecule has 0 spiro atoms. The zero-order valence-electron chi connectivity index (χ0n) is 19.2. The van der Waals surface area contributed by atoms with Crippen LogP contribution in [0.3, 0.4) is 0 Å². The molecule has 1 aliphatic carbocycles. The number of tetrazole rings is 1. The molecule has 3 aromatic heterocycles. The standard InChI is InChI=1S/C25H30N6O2/c1-3-23(24-27-28-29-31(24)16-21-9-6-12-33-21)30(20-7-4-5-8-20)15-19-14-18-11-10-17(2)13-22(18)26-25(19)32/h6,9-14,20,23H,3-5,7-8,15-16H2,1-2H3,(H,26,32). The molecule has 172 valence electrons. The van der Waals surface area contributed by atoms with Gasteiger partial charge in [-0.1, -0.05) is 31.9 Å². The smallest absolute Gasteiger partial charge is 0.252 e. The highest BCUT2D eigenvalue weighted by Crippen LogP contribution is 2.33. The van der Waals surface area contributed by atoms with Crippen LogP contribution in [-0.4, -0.2) is 36.1 Å². The second-order valence-corrected chi connectivity index (χ2v) is 9.02. The number of hydrogen-bond donors (Lipinski definition) is 1. The van der Waals surface area contributed by atoms with E-state index in [0.29, 0.717) is 19.1 Å². The minimum absolute atomic E-state index is 0.00572. The third kappa shape index (κ3) is 4.48. The van der Waals surface area contributed by atoms with Crippen molar-refractivity contribution in [2.75, 3.05) is 0 Å². The molecule has 4 aromatic rings. The Labute approximate surface area is 192 Å². The molecule has 0 aliphatic heterocycles. The second kappa shape index (κ2) is 9.31. The number of nitrogens with zero attached hydrogens (tertiary/aromatic N) is 5. The van der Waals surface area contributed by atoms with Gasteiger partial charge in [0, 0.05) is 23.7 Å². The summed E-state index contributed by atoms with van der Waals surface area (Å²) in [5, 5.41) is 13.7. The molecule has 3 heterocycles. The third-order valence-electron chi connectivity index (χ3n) is 6.76. The number of rotatable bonds is 8. The van der Waals surface area contributed by atoms with Gasteiger partial charge >= 0.3 is 0 Å². The summed E-state index contributed by atoms with van der Waals surface area (Å²) in [7, 11) is 0. The van der Waals surface area contributed by atoms with E-state index in [1.165, 1.54) is 12.8 Å². The van der Waals surface area contributed by atoms with Crippen LogP contribution in [0.15, 0.2) is 51.9 Å². The van der Waals surface area contributed by atoms with E-state index < -0.39 is 0 Å². The molecule has 1 N–H and O–H groups in total. The van der Waals surface area contributed by atoms with Gasteiger partial charge in [0.05, 0.1) is 12.3 Å². The van der Waals surface area contributed by atoms with E-state index >= 15 is 0 Å². The Morgan fingerprint density at radius 2 is 2.09 bits per heavy atom. The van der Waals surface area contributed by atoms with E-state index in [0.717, 1.165) is 52.9 Å². The van der Waals surface area contributed by atoms with Gasteiger partial charge < -0.3 is 9.40 Å². The van der Waals surface area contributed by atoms with Gasteiger partial charge in [0.1, 0.15) is 12.3 Å². The van der Waals surface area contributed by atoms with Gasteiger partial charge in [-0.3, -0.25) is 9.69 Å². The predicted molar refractivity (Wildman–Crippen MR) is 126 cm³/mol. The first-order valence-corrected chi connectivity index (χ1v) is 11.8. The number of H-pyrrole nitrogens is 1. The van der Waals surface area contributed by atoms with Crippen molar-refractivity contribution in [2.45, 2.75) is 71.1 Å². The molecule has 8 nitrogen and oxygen atoms in total. The van der Waals surface area contributed by atoms with E-state index in [2.05, 4.69) is 44.5 Å². The molecule has 0 bridgehead atoms. The highest BCUT2D eigenvalue weighted by atomic mass is 16.3. The third-order valence-corrected chi connectivity index (χ3v) is 6.76. The van der Waals surface area contributed by atoms with Crippen molar-refractivity contribution in [3.05, 3.63) is 75.7 Å².